The first-order valence-electron chi connectivity index (χ1n) is 5.84. The molecule has 0 bridgehead atoms. The van der Waals surface area contributed by atoms with Crippen LogP contribution in [0.2, 0.25) is 0 Å². The number of nitrogens with zero attached hydrogens (tertiary/aromatic N) is 1. The van der Waals surface area contributed by atoms with Crippen LogP contribution < -0.4 is 5.73 Å². The second-order valence-electron chi connectivity index (χ2n) is 4.81. The van der Waals surface area contributed by atoms with Gasteiger partial charge in [-0.05, 0) is 19.3 Å². The third kappa shape index (κ3) is 2.16. The van der Waals surface area contributed by atoms with E-state index in [1.54, 1.807) is 0 Å². The average Bonchev–Trinajstić information content (AvgIpc) is 2.66. The maximum absolute atomic E-state index is 11.9. The van der Waals surface area contributed by atoms with E-state index in [1.807, 2.05) is 4.90 Å². The summed E-state index contributed by atoms with van der Waals surface area (Å²) < 4.78 is 5.37. The highest BCUT2D eigenvalue weighted by molar-refractivity contribution is 5.82. The number of hydrogen-bond acceptors (Lipinski definition) is 3. The Labute approximate surface area is 90.8 Å². The zero-order valence-electron chi connectivity index (χ0n) is 9.37. The summed E-state index contributed by atoms with van der Waals surface area (Å²) in [5.41, 5.74) is 5.98. The predicted molar refractivity (Wildman–Crippen MR) is 57.4 cm³/mol. The lowest BCUT2D eigenvalue weighted by molar-refractivity contribution is -0.148. The Bertz CT molecular complexity index is 243. The number of carbonyl (C=O) groups is 1. The topological polar surface area (TPSA) is 55.6 Å². The maximum atomic E-state index is 11.9. The van der Waals surface area contributed by atoms with Gasteiger partial charge in [-0.1, -0.05) is 13.3 Å². The Balaban J connectivity index is 1.80. The standard InChI is InChI=1S/C11H20N2O2/c1-2-5-11(12)7-13(8-11)10(14)9-4-3-6-15-9/h9H,2-8,12H2,1H3. The fraction of sp³-hybridized carbons (Fsp3) is 0.909. The van der Waals surface area contributed by atoms with Crippen LogP contribution in [0.25, 0.3) is 0 Å². The van der Waals surface area contributed by atoms with Crippen molar-refractivity contribution in [3.05, 3.63) is 0 Å². The lowest BCUT2D eigenvalue weighted by atomic mass is 9.86. The summed E-state index contributed by atoms with van der Waals surface area (Å²) in [6.45, 7) is 4.27. The average molecular weight is 212 g/mol. The first-order chi connectivity index (χ1) is 7.14. The normalized spacial score (nSPS) is 28.9. The van der Waals surface area contributed by atoms with E-state index in [4.69, 9.17) is 10.5 Å². The van der Waals surface area contributed by atoms with Crippen LogP contribution in [-0.4, -0.2) is 42.1 Å². The van der Waals surface area contributed by atoms with Crippen molar-refractivity contribution in [2.75, 3.05) is 19.7 Å². The zero-order chi connectivity index (χ0) is 10.9. The van der Waals surface area contributed by atoms with E-state index >= 15 is 0 Å². The number of hydrogen-bond donors (Lipinski definition) is 1. The SMILES string of the molecule is CCCC1(N)CN(C(=O)C2CCCO2)C1. The summed E-state index contributed by atoms with van der Waals surface area (Å²) >= 11 is 0. The van der Waals surface area contributed by atoms with Gasteiger partial charge in [0, 0.05) is 19.7 Å². The molecule has 0 aliphatic carbocycles. The second kappa shape index (κ2) is 4.10. The van der Waals surface area contributed by atoms with Crippen LogP contribution >= 0.6 is 0 Å². The van der Waals surface area contributed by atoms with Crippen molar-refractivity contribution in [3.63, 3.8) is 0 Å². The summed E-state index contributed by atoms with van der Waals surface area (Å²) in [6.07, 6.45) is 3.78. The van der Waals surface area contributed by atoms with Crippen molar-refractivity contribution in [2.24, 2.45) is 5.73 Å². The second-order valence-corrected chi connectivity index (χ2v) is 4.81. The molecule has 0 aromatic heterocycles. The highest BCUT2D eigenvalue weighted by atomic mass is 16.5. The highest BCUT2D eigenvalue weighted by Gasteiger charge is 2.43. The van der Waals surface area contributed by atoms with Gasteiger partial charge in [0.15, 0.2) is 0 Å². The highest BCUT2D eigenvalue weighted by Crippen LogP contribution is 2.26. The summed E-state index contributed by atoms with van der Waals surface area (Å²) in [5, 5.41) is 0. The monoisotopic (exact) mass is 212 g/mol. The maximum Gasteiger partial charge on any atom is 0.251 e. The van der Waals surface area contributed by atoms with Gasteiger partial charge in [0.1, 0.15) is 6.10 Å². The van der Waals surface area contributed by atoms with Crippen molar-refractivity contribution < 1.29 is 9.53 Å². The van der Waals surface area contributed by atoms with Crippen molar-refractivity contribution in [1.82, 2.24) is 4.90 Å². The zero-order valence-corrected chi connectivity index (χ0v) is 9.37. The molecule has 2 aliphatic rings. The lowest BCUT2D eigenvalue weighted by Gasteiger charge is -2.48. The van der Waals surface area contributed by atoms with E-state index in [0.29, 0.717) is 13.1 Å². The van der Waals surface area contributed by atoms with E-state index in [0.717, 1.165) is 32.3 Å². The van der Waals surface area contributed by atoms with E-state index < -0.39 is 0 Å². The summed E-state index contributed by atoms with van der Waals surface area (Å²) in [7, 11) is 0. The van der Waals surface area contributed by atoms with E-state index in [-0.39, 0.29) is 17.6 Å². The Morgan fingerprint density at radius 1 is 1.60 bits per heavy atom. The number of nitrogens with two attached hydrogens (primary N) is 1. The molecule has 1 atom stereocenters. The molecule has 2 fully saturated rings. The van der Waals surface area contributed by atoms with Crippen molar-refractivity contribution in [1.29, 1.82) is 0 Å². The largest absolute Gasteiger partial charge is 0.368 e. The van der Waals surface area contributed by atoms with Gasteiger partial charge in [0.05, 0.1) is 5.54 Å². The summed E-state index contributed by atoms with van der Waals surface area (Å²) in [6, 6.07) is 0. The minimum absolute atomic E-state index is 0.122. The molecule has 0 aromatic carbocycles. The molecule has 4 nitrogen and oxygen atoms in total. The molecule has 0 aromatic rings. The molecular formula is C11H20N2O2. The molecule has 86 valence electrons. The van der Waals surface area contributed by atoms with E-state index in [1.165, 1.54) is 0 Å². The minimum atomic E-state index is -0.184. The van der Waals surface area contributed by atoms with Crippen LogP contribution in [0, 0.1) is 0 Å². The molecule has 1 amide bonds. The Morgan fingerprint density at radius 3 is 2.87 bits per heavy atom. The molecule has 2 rings (SSSR count). The Hall–Kier alpha value is -0.610. The van der Waals surface area contributed by atoms with Crippen LogP contribution in [0.1, 0.15) is 32.6 Å². The molecule has 2 N–H and O–H groups in total. The number of likely N-dealkylation sites (tertiary alicyclic amines) is 1. The number of carbonyl (C=O) groups excluding carboxylic acids is 1. The molecule has 4 heteroatoms. The van der Waals surface area contributed by atoms with Gasteiger partial charge < -0.3 is 15.4 Å². The Kier molecular flexibility index (Phi) is 2.98. The molecular weight excluding hydrogens is 192 g/mol. The van der Waals surface area contributed by atoms with Crippen molar-refractivity contribution >= 4 is 5.91 Å². The predicted octanol–water partition coefficient (Wildman–Crippen LogP) is 0.505. The fourth-order valence-corrected chi connectivity index (χ4v) is 2.50. The minimum Gasteiger partial charge on any atom is -0.368 e. The van der Waals surface area contributed by atoms with Crippen LogP contribution in [0.4, 0.5) is 0 Å². The van der Waals surface area contributed by atoms with Gasteiger partial charge in [-0.15, -0.1) is 0 Å². The third-order valence-corrected chi connectivity index (χ3v) is 3.28. The Morgan fingerprint density at radius 2 is 2.33 bits per heavy atom. The molecule has 0 spiro atoms. The summed E-state index contributed by atoms with van der Waals surface area (Å²) in [4.78, 5) is 13.7. The van der Waals surface area contributed by atoms with Crippen LogP contribution in [-0.2, 0) is 9.53 Å². The van der Waals surface area contributed by atoms with Crippen molar-refractivity contribution in [2.45, 2.75) is 44.2 Å². The molecule has 2 saturated heterocycles. The van der Waals surface area contributed by atoms with Gasteiger partial charge in [0.25, 0.3) is 5.91 Å². The molecule has 1 unspecified atom stereocenters. The van der Waals surface area contributed by atoms with Gasteiger partial charge in [0.2, 0.25) is 0 Å². The van der Waals surface area contributed by atoms with E-state index in [9.17, 15) is 4.79 Å². The molecule has 2 heterocycles. The van der Waals surface area contributed by atoms with Gasteiger partial charge in [-0.2, -0.15) is 0 Å². The molecule has 0 saturated carbocycles. The van der Waals surface area contributed by atoms with Gasteiger partial charge >= 0.3 is 0 Å². The number of ether oxygens (including phenoxy) is 1. The van der Waals surface area contributed by atoms with Gasteiger partial charge in [-0.3, -0.25) is 4.79 Å². The first kappa shape index (κ1) is 10.9. The molecule has 2 aliphatic heterocycles. The quantitative estimate of drug-likeness (QED) is 0.741. The fourth-order valence-electron chi connectivity index (χ4n) is 2.50. The molecule has 15 heavy (non-hydrogen) atoms. The van der Waals surface area contributed by atoms with Crippen LogP contribution in [0.15, 0.2) is 0 Å². The van der Waals surface area contributed by atoms with Crippen molar-refractivity contribution in [3.8, 4) is 0 Å². The van der Waals surface area contributed by atoms with E-state index in [2.05, 4.69) is 6.92 Å². The van der Waals surface area contributed by atoms with Gasteiger partial charge in [-0.25, -0.2) is 0 Å². The first-order valence-corrected chi connectivity index (χ1v) is 5.84. The number of amides is 1. The third-order valence-electron chi connectivity index (χ3n) is 3.28. The van der Waals surface area contributed by atoms with Crippen LogP contribution in [0.3, 0.4) is 0 Å². The smallest absolute Gasteiger partial charge is 0.251 e. The number of rotatable bonds is 3. The molecule has 0 radical (unpaired) electrons. The van der Waals surface area contributed by atoms with Crippen LogP contribution in [0.5, 0.6) is 0 Å². The lowest BCUT2D eigenvalue weighted by Crippen LogP contribution is -2.69. The summed E-state index contributed by atoms with van der Waals surface area (Å²) in [5.74, 6) is 0.143.